The first-order chi connectivity index (χ1) is 16.2. The molecule has 0 radical (unpaired) electrons. The van der Waals surface area contributed by atoms with Crippen LogP contribution in [0.3, 0.4) is 0 Å². The third-order valence-electron chi connectivity index (χ3n) is 5.35. The van der Waals surface area contributed by atoms with Crippen LogP contribution in [0.4, 0.5) is 5.69 Å². The number of hydrogen-bond acceptors (Lipinski definition) is 7. The van der Waals surface area contributed by atoms with Crippen molar-refractivity contribution in [1.29, 1.82) is 0 Å². The highest BCUT2D eigenvalue weighted by molar-refractivity contribution is 7.99. The quantitative estimate of drug-likeness (QED) is 0.375. The summed E-state index contributed by atoms with van der Waals surface area (Å²) in [5.74, 6) is 1.76. The number of rotatable bonds is 6. The summed E-state index contributed by atoms with van der Waals surface area (Å²) in [6, 6.07) is 24.7. The van der Waals surface area contributed by atoms with Crippen molar-refractivity contribution in [3.05, 3.63) is 84.4 Å². The fourth-order valence-electron chi connectivity index (χ4n) is 3.81. The monoisotopic (exact) mass is 459 g/mol. The minimum absolute atomic E-state index is 0.0679. The van der Waals surface area contributed by atoms with Gasteiger partial charge in [-0.2, -0.15) is 0 Å². The van der Waals surface area contributed by atoms with Gasteiger partial charge in [0.1, 0.15) is 18.1 Å². The summed E-state index contributed by atoms with van der Waals surface area (Å²) in [5, 5.41) is 8.54. The molecule has 166 valence electrons. The van der Waals surface area contributed by atoms with E-state index in [1.807, 2.05) is 78.9 Å². The number of para-hydroxylation sites is 3. The molecule has 0 fully saturated rings. The Kier molecular flexibility index (Phi) is 5.99. The van der Waals surface area contributed by atoms with Crippen LogP contribution >= 0.6 is 11.8 Å². The molecule has 33 heavy (non-hydrogen) atoms. The van der Waals surface area contributed by atoms with Crippen LogP contribution in [0.1, 0.15) is 11.6 Å². The first kappa shape index (κ1) is 21.1. The van der Waals surface area contributed by atoms with Crippen molar-refractivity contribution in [2.24, 2.45) is 0 Å². The number of carbonyl (C=O) groups excluding carboxylic acids is 1. The van der Waals surface area contributed by atoms with E-state index in [4.69, 9.17) is 13.9 Å². The molecule has 1 aliphatic heterocycles. The number of fused-ring (bicyclic) bond motifs is 1. The van der Waals surface area contributed by atoms with Crippen LogP contribution in [-0.4, -0.2) is 35.6 Å². The van der Waals surface area contributed by atoms with Crippen LogP contribution in [0, 0.1) is 0 Å². The number of thioether (sulfide) groups is 1. The summed E-state index contributed by atoms with van der Waals surface area (Å²) < 4.78 is 17.1. The van der Waals surface area contributed by atoms with E-state index in [0.717, 1.165) is 11.3 Å². The van der Waals surface area contributed by atoms with Crippen molar-refractivity contribution in [2.75, 3.05) is 24.4 Å². The molecule has 5 rings (SSSR count). The van der Waals surface area contributed by atoms with E-state index in [-0.39, 0.29) is 17.7 Å². The molecule has 1 amide bonds. The lowest BCUT2D eigenvalue weighted by molar-refractivity contribution is -0.117. The maximum absolute atomic E-state index is 13.4. The Labute approximate surface area is 195 Å². The summed E-state index contributed by atoms with van der Waals surface area (Å²) in [7, 11) is 1.59. The molecule has 1 aliphatic rings. The average Bonchev–Trinajstić information content (AvgIpc) is 3.36. The number of carbonyl (C=O) groups is 1. The molecule has 0 saturated heterocycles. The molecular formula is C25H21N3O4S. The van der Waals surface area contributed by atoms with E-state index in [2.05, 4.69) is 10.2 Å². The standard InChI is InChI=1S/C25H21N3O4S/c1-30-21-13-7-5-11-18(21)24-26-27-25(32-24)33-16-23(29)28-19-12-6-8-14-22(19)31-15-20(28)17-9-3-2-4-10-17/h2-14,20H,15-16H2,1H3/t20-/m0/s1. The van der Waals surface area contributed by atoms with E-state index >= 15 is 0 Å². The molecule has 8 heteroatoms. The Morgan fingerprint density at radius 3 is 2.64 bits per heavy atom. The second-order valence-corrected chi connectivity index (χ2v) is 8.26. The largest absolute Gasteiger partial charge is 0.496 e. The minimum Gasteiger partial charge on any atom is -0.496 e. The lowest BCUT2D eigenvalue weighted by atomic mass is 10.0. The molecule has 0 N–H and O–H groups in total. The molecule has 4 aromatic rings. The van der Waals surface area contributed by atoms with Crippen LogP contribution in [0.15, 0.2) is 88.5 Å². The van der Waals surface area contributed by atoms with E-state index in [1.165, 1.54) is 11.8 Å². The van der Waals surface area contributed by atoms with Crippen molar-refractivity contribution in [3.63, 3.8) is 0 Å². The third-order valence-corrected chi connectivity index (χ3v) is 6.15. The van der Waals surface area contributed by atoms with Crippen molar-refractivity contribution in [3.8, 4) is 23.0 Å². The molecular weight excluding hydrogens is 438 g/mol. The number of methoxy groups -OCH3 is 1. The molecule has 0 aliphatic carbocycles. The lowest BCUT2D eigenvalue weighted by Gasteiger charge is -2.37. The van der Waals surface area contributed by atoms with Gasteiger partial charge in [0.15, 0.2) is 0 Å². The summed E-state index contributed by atoms with van der Waals surface area (Å²) >= 11 is 1.21. The third kappa shape index (κ3) is 4.29. The molecule has 1 atom stereocenters. The highest BCUT2D eigenvalue weighted by Crippen LogP contribution is 2.40. The SMILES string of the molecule is COc1ccccc1-c1nnc(SCC(=O)N2c3ccccc3OC[C@H]2c2ccccc2)o1. The Morgan fingerprint density at radius 1 is 1.03 bits per heavy atom. The van der Waals surface area contributed by atoms with Gasteiger partial charge in [0.25, 0.3) is 11.1 Å². The van der Waals surface area contributed by atoms with Gasteiger partial charge in [0, 0.05) is 0 Å². The van der Waals surface area contributed by atoms with Gasteiger partial charge >= 0.3 is 0 Å². The Balaban J connectivity index is 1.37. The Bertz CT molecular complexity index is 1260. The Hall–Kier alpha value is -3.78. The minimum atomic E-state index is -0.221. The van der Waals surface area contributed by atoms with E-state index in [9.17, 15) is 4.79 Å². The normalized spacial score (nSPS) is 14.9. The summed E-state index contributed by atoms with van der Waals surface area (Å²) in [6.07, 6.45) is 0. The van der Waals surface area contributed by atoms with Crippen molar-refractivity contribution < 1.29 is 18.7 Å². The van der Waals surface area contributed by atoms with Crippen LogP contribution in [-0.2, 0) is 4.79 Å². The molecule has 1 aromatic heterocycles. The van der Waals surface area contributed by atoms with E-state index < -0.39 is 0 Å². The van der Waals surface area contributed by atoms with Gasteiger partial charge in [-0.05, 0) is 29.8 Å². The van der Waals surface area contributed by atoms with Gasteiger partial charge in [-0.1, -0.05) is 66.4 Å². The molecule has 2 heterocycles. The maximum atomic E-state index is 13.4. The Morgan fingerprint density at radius 2 is 1.79 bits per heavy atom. The van der Waals surface area contributed by atoms with Gasteiger partial charge in [0.05, 0.1) is 30.2 Å². The topological polar surface area (TPSA) is 77.7 Å². The first-order valence-electron chi connectivity index (χ1n) is 10.4. The van der Waals surface area contributed by atoms with Gasteiger partial charge in [-0.15, -0.1) is 10.2 Å². The van der Waals surface area contributed by atoms with Crippen LogP contribution in [0.2, 0.25) is 0 Å². The first-order valence-corrected chi connectivity index (χ1v) is 11.4. The number of ether oxygens (including phenoxy) is 2. The number of hydrogen-bond donors (Lipinski definition) is 0. The molecule has 3 aromatic carbocycles. The van der Waals surface area contributed by atoms with Gasteiger partial charge in [-0.25, -0.2) is 0 Å². The zero-order chi connectivity index (χ0) is 22.6. The van der Waals surface area contributed by atoms with Gasteiger partial charge < -0.3 is 13.9 Å². The smallest absolute Gasteiger partial charge is 0.277 e. The predicted molar refractivity (Wildman–Crippen MR) is 126 cm³/mol. The average molecular weight is 460 g/mol. The highest BCUT2D eigenvalue weighted by Gasteiger charge is 2.33. The zero-order valence-electron chi connectivity index (χ0n) is 17.9. The lowest BCUT2D eigenvalue weighted by Crippen LogP contribution is -2.42. The second kappa shape index (κ2) is 9.38. The molecule has 0 spiro atoms. The van der Waals surface area contributed by atoms with Crippen molar-refractivity contribution in [2.45, 2.75) is 11.3 Å². The second-order valence-electron chi connectivity index (χ2n) is 7.33. The summed E-state index contributed by atoms with van der Waals surface area (Å²) in [5.41, 5.74) is 2.47. The fourth-order valence-corrected chi connectivity index (χ4v) is 4.43. The molecule has 0 bridgehead atoms. The van der Waals surface area contributed by atoms with Crippen molar-refractivity contribution in [1.82, 2.24) is 10.2 Å². The van der Waals surface area contributed by atoms with Crippen LogP contribution < -0.4 is 14.4 Å². The van der Waals surface area contributed by atoms with Gasteiger partial charge in [0.2, 0.25) is 5.91 Å². The predicted octanol–water partition coefficient (Wildman–Crippen LogP) is 5.00. The molecule has 0 unspecified atom stereocenters. The van der Waals surface area contributed by atoms with E-state index in [1.54, 1.807) is 12.0 Å². The molecule has 0 saturated carbocycles. The number of anilines is 1. The molecule has 7 nitrogen and oxygen atoms in total. The number of benzene rings is 3. The highest BCUT2D eigenvalue weighted by atomic mass is 32.2. The van der Waals surface area contributed by atoms with E-state index in [0.29, 0.717) is 34.8 Å². The number of amides is 1. The van der Waals surface area contributed by atoms with Crippen molar-refractivity contribution >= 4 is 23.4 Å². The number of aromatic nitrogens is 2. The van der Waals surface area contributed by atoms with Crippen LogP contribution in [0.25, 0.3) is 11.5 Å². The summed E-state index contributed by atoms with van der Waals surface area (Å²) in [6.45, 7) is 0.385. The van der Waals surface area contributed by atoms with Crippen LogP contribution in [0.5, 0.6) is 11.5 Å². The summed E-state index contributed by atoms with van der Waals surface area (Å²) in [4.78, 5) is 15.2. The maximum Gasteiger partial charge on any atom is 0.277 e. The fraction of sp³-hybridized carbons (Fsp3) is 0.160. The zero-order valence-corrected chi connectivity index (χ0v) is 18.7. The number of nitrogens with zero attached hydrogens (tertiary/aromatic N) is 3. The van der Waals surface area contributed by atoms with Gasteiger partial charge in [-0.3, -0.25) is 9.69 Å².